The van der Waals surface area contributed by atoms with Crippen LogP contribution in [0.2, 0.25) is 0 Å². The van der Waals surface area contributed by atoms with Gasteiger partial charge in [-0.2, -0.15) is 0 Å². The molecule has 0 saturated carbocycles. The molecule has 0 aliphatic carbocycles. The lowest BCUT2D eigenvalue weighted by Crippen LogP contribution is -2.54. The number of hydrogen-bond acceptors (Lipinski definition) is 4. The standard InChI is InChI=1S/C13H24N2O5S/c1-4-10-5-6-15(11(9-10)12(16)17)13(18)14(2)7-8-21(3,19)20/h10-11H,4-9H2,1-3H3,(H,16,17). The van der Waals surface area contributed by atoms with E-state index in [2.05, 4.69) is 0 Å². The smallest absolute Gasteiger partial charge is 0.326 e. The maximum atomic E-state index is 12.3. The van der Waals surface area contributed by atoms with Gasteiger partial charge in [-0.25, -0.2) is 18.0 Å². The highest BCUT2D eigenvalue weighted by Gasteiger charge is 2.36. The summed E-state index contributed by atoms with van der Waals surface area (Å²) >= 11 is 0. The zero-order valence-electron chi connectivity index (χ0n) is 12.8. The zero-order chi connectivity index (χ0) is 16.2. The molecule has 8 heteroatoms. The Morgan fingerprint density at radius 1 is 1.38 bits per heavy atom. The number of piperidine rings is 1. The number of rotatable bonds is 5. The first-order chi connectivity index (χ1) is 9.65. The summed E-state index contributed by atoms with van der Waals surface area (Å²) in [6, 6.07) is -1.24. The lowest BCUT2D eigenvalue weighted by Gasteiger charge is -2.38. The third-order valence-electron chi connectivity index (χ3n) is 3.94. The van der Waals surface area contributed by atoms with Gasteiger partial charge in [-0.1, -0.05) is 13.3 Å². The Morgan fingerprint density at radius 3 is 2.48 bits per heavy atom. The fourth-order valence-electron chi connectivity index (χ4n) is 2.49. The minimum absolute atomic E-state index is 0.0672. The van der Waals surface area contributed by atoms with Crippen LogP contribution in [0.5, 0.6) is 0 Å². The Hall–Kier alpha value is -1.31. The van der Waals surface area contributed by atoms with Gasteiger partial charge in [-0.15, -0.1) is 0 Å². The highest BCUT2D eigenvalue weighted by Crippen LogP contribution is 2.26. The maximum absolute atomic E-state index is 12.3. The van der Waals surface area contributed by atoms with Crippen molar-refractivity contribution in [2.24, 2.45) is 5.92 Å². The number of carboxylic acids is 1. The minimum atomic E-state index is -3.15. The minimum Gasteiger partial charge on any atom is -0.480 e. The molecule has 0 radical (unpaired) electrons. The number of hydrogen-bond donors (Lipinski definition) is 1. The highest BCUT2D eigenvalue weighted by molar-refractivity contribution is 7.90. The molecule has 0 aromatic carbocycles. The van der Waals surface area contributed by atoms with Gasteiger partial charge in [-0.3, -0.25) is 0 Å². The second-order valence-electron chi connectivity index (χ2n) is 5.68. The van der Waals surface area contributed by atoms with Crippen LogP contribution in [0.1, 0.15) is 26.2 Å². The van der Waals surface area contributed by atoms with E-state index in [1.807, 2.05) is 6.92 Å². The van der Waals surface area contributed by atoms with E-state index >= 15 is 0 Å². The molecular weight excluding hydrogens is 296 g/mol. The second-order valence-corrected chi connectivity index (χ2v) is 7.94. The van der Waals surface area contributed by atoms with Gasteiger partial charge in [-0.05, 0) is 18.8 Å². The lowest BCUT2D eigenvalue weighted by atomic mass is 9.89. The Morgan fingerprint density at radius 2 is 2.00 bits per heavy atom. The number of carboxylic acid groups (broad SMARTS) is 1. The van der Waals surface area contributed by atoms with Gasteiger partial charge in [0.05, 0.1) is 5.75 Å². The molecular formula is C13H24N2O5S. The van der Waals surface area contributed by atoms with Crippen LogP contribution in [0.25, 0.3) is 0 Å². The molecule has 7 nitrogen and oxygen atoms in total. The van der Waals surface area contributed by atoms with Crippen molar-refractivity contribution < 1.29 is 23.1 Å². The van der Waals surface area contributed by atoms with Gasteiger partial charge in [0, 0.05) is 26.4 Å². The van der Waals surface area contributed by atoms with Crippen LogP contribution < -0.4 is 0 Å². The van der Waals surface area contributed by atoms with Crippen LogP contribution in [0.3, 0.4) is 0 Å². The number of amides is 2. The number of aliphatic carboxylic acids is 1. The Labute approximate surface area is 125 Å². The van der Waals surface area contributed by atoms with E-state index in [1.54, 1.807) is 0 Å². The summed E-state index contributed by atoms with van der Waals surface area (Å²) in [5, 5.41) is 9.30. The molecule has 1 rings (SSSR count). The van der Waals surface area contributed by atoms with E-state index in [9.17, 15) is 23.1 Å². The third-order valence-corrected chi connectivity index (χ3v) is 4.87. The van der Waals surface area contributed by atoms with Gasteiger partial charge >= 0.3 is 12.0 Å². The Balaban J connectivity index is 2.72. The summed E-state index contributed by atoms with van der Waals surface area (Å²) in [5.41, 5.74) is 0. The molecule has 122 valence electrons. The number of sulfone groups is 1. The molecule has 2 amide bonds. The summed E-state index contributed by atoms with van der Waals surface area (Å²) in [5.74, 6) is -0.812. The van der Waals surface area contributed by atoms with Gasteiger partial charge in [0.15, 0.2) is 0 Å². The van der Waals surface area contributed by atoms with Crippen LogP contribution in [0.4, 0.5) is 4.79 Å². The van der Waals surface area contributed by atoms with E-state index in [0.717, 1.165) is 19.1 Å². The largest absolute Gasteiger partial charge is 0.480 e. The van der Waals surface area contributed by atoms with Crippen LogP contribution in [0, 0.1) is 5.92 Å². The van der Waals surface area contributed by atoms with Gasteiger partial charge < -0.3 is 14.9 Å². The molecule has 1 aliphatic rings. The molecule has 2 unspecified atom stereocenters. The van der Waals surface area contributed by atoms with Gasteiger partial charge in [0.25, 0.3) is 0 Å². The van der Waals surface area contributed by atoms with Crippen LogP contribution in [0.15, 0.2) is 0 Å². The molecule has 0 bridgehead atoms. The molecule has 0 aromatic heterocycles. The summed E-state index contributed by atoms with van der Waals surface area (Å²) in [4.78, 5) is 26.3. The van der Waals surface area contributed by atoms with Crippen molar-refractivity contribution in [2.45, 2.75) is 32.2 Å². The van der Waals surface area contributed by atoms with E-state index < -0.39 is 27.9 Å². The summed E-state index contributed by atoms with van der Waals surface area (Å²) in [7, 11) is -1.66. The number of carbonyl (C=O) groups excluding carboxylic acids is 1. The zero-order valence-corrected chi connectivity index (χ0v) is 13.6. The van der Waals surface area contributed by atoms with E-state index in [1.165, 1.54) is 16.8 Å². The molecule has 1 aliphatic heterocycles. The molecule has 1 heterocycles. The predicted molar refractivity (Wildman–Crippen MR) is 78.9 cm³/mol. The molecule has 1 saturated heterocycles. The first-order valence-corrected chi connectivity index (χ1v) is 9.14. The van der Waals surface area contributed by atoms with E-state index in [4.69, 9.17) is 0 Å². The van der Waals surface area contributed by atoms with Crippen LogP contribution in [-0.2, 0) is 14.6 Å². The molecule has 0 spiro atoms. The second kappa shape index (κ2) is 7.11. The molecule has 21 heavy (non-hydrogen) atoms. The predicted octanol–water partition coefficient (Wildman–Crippen LogP) is 0.658. The first kappa shape index (κ1) is 17.7. The number of urea groups is 1. The topological polar surface area (TPSA) is 95.0 Å². The van der Waals surface area contributed by atoms with Crippen LogP contribution in [-0.4, -0.2) is 73.5 Å². The number of nitrogens with zero attached hydrogens (tertiary/aromatic N) is 2. The maximum Gasteiger partial charge on any atom is 0.326 e. The van der Waals surface area contributed by atoms with Crippen molar-refractivity contribution in [2.75, 3.05) is 32.1 Å². The van der Waals surface area contributed by atoms with Crippen molar-refractivity contribution in [3.63, 3.8) is 0 Å². The molecule has 2 atom stereocenters. The normalized spacial score (nSPS) is 22.9. The fraction of sp³-hybridized carbons (Fsp3) is 0.846. The van der Waals surface area contributed by atoms with Crippen molar-refractivity contribution in [1.29, 1.82) is 0 Å². The third kappa shape index (κ3) is 5.18. The quantitative estimate of drug-likeness (QED) is 0.803. The Kier molecular flexibility index (Phi) is 6.00. The number of likely N-dealkylation sites (tertiary alicyclic amines) is 1. The average molecular weight is 320 g/mol. The first-order valence-electron chi connectivity index (χ1n) is 7.08. The summed E-state index contributed by atoms with van der Waals surface area (Å²) < 4.78 is 22.3. The highest BCUT2D eigenvalue weighted by atomic mass is 32.2. The SMILES string of the molecule is CCC1CCN(C(=O)N(C)CCS(C)(=O)=O)C(C(=O)O)C1. The van der Waals surface area contributed by atoms with Crippen molar-refractivity contribution in [3.05, 3.63) is 0 Å². The van der Waals surface area contributed by atoms with Crippen molar-refractivity contribution >= 4 is 21.8 Å². The van der Waals surface area contributed by atoms with E-state index in [0.29, 0.717) is 18.9 Å². The Bertz CT molecular complexity index is 491. The van der Waals surface area contributed by atoms with Gasteiger partial charge in [0.1, 0.15) is 15.9 Å². The average Bonchev–Trinajstić information content (AvgIpc) is 2.42. The molecule has 0 aromatic rings. The summed E-state index contributed by atoms with van der Waals surface area (Å²) in [6.45, 7) is 2.48. The van der Waals surface area contributed by atoms with Gasteiger partial charge in [0.2, 0.25) is 0 Å². The summed E-state index contributed by atoms with van der Waals surface area (Å²) in [6.07, 6.45) is 3.25. The van der Waals surface area contributed by atoms with Crippen LogP contribution >= 0.6 is 0 Å². The fourth-order valence-corrected chi connectivity index (χ4v) is 3.10. The lowest BCUT2D eigenvalue weighted by molar-refractivity contribution is -0.144. The molecule has 1 N–H and O–H groups in total. The van der Waals surface area contributed by atoms with E-state index in [-0.39, 0.29) is 12.3 Å². The molecule has 1 fully saturated rings. The van der Waals surface area contributed by atoms with Crippen molar-refractivity contribution in [1.82, 2.24) is 9.80 Å². The number of carbonyl (C=O) groups is 2. The van der Waals surface area contributed by atoms with Crippen molar-refractivity contribution in [3.8, 4) is 0 Å². The monoisotopic (exact) mass is 320 g/mol.